The highest BCUT2D eigenvalue weighted by atomic mass is 16.7. The molecule has 8 aliphatic rings. The quantitative estimate of drug-likeness (QED) is 0.0916. The van der Waals surface area contributed by atoms with Gasteiger partial charge in [0.05, 0.1) is 31.3 Å². The molecule has 0 radical (unpaired) electrons. The van der Waals surface area contributed by atoms with Crippen LogP contribution in [0.3, 0.4) is 0 Å². The van der Waals surface area contributed by atoms with Gasteiger partial charge in [-0.15, -0.1) is 0 Å². The Labute approximate surface area is 376 Å². The lowest BCUT2D eigenvalue weighted by Crippen LogP contribution is -2.66. The highest BCUT2D eigenvalue weighted by Crippen LogP contribution is 2.76. The molecule has 17 nitrogen and oxygen atoms in total. The van der Waals surface area contributed by atoms with Gasteiger partial charge in [-0.05, 0) is 109 Å². The zero-order chi connectivity index (χ0) is 46.7. The van der Waals surface area contributed by atoms with E-state index < -0.39 is 111 Å². The van der Waals surface area contributed by atoms with Crippen LogP contribution in [0.15, 0.2) is 11.6 Å². The van der Waals surface area contributed by atoms with Crippen LogP contribution in [0.4, 0.5) is 0 Å². The van der Waals surface area contributed by atoms with Gasteiger partial charge in [0.1, 0.15) is 67.1 Å². The molecule has 0 aromatic heterocycles. The first kappa shape index (κ1) is 49.0. The summed E-state index contributed by atoms with van der Waals surface area (Å²) in [5.41, 5.74) is -0.415. The zero-order valence-corrected chi connectivity index (χ0v) is 38.5. The fourth-order valence-corrected chi connectivity index (χ4v) is 14.7. The smallest absolute Gasteiger partial charge is 0.315 e. The van der Waals surface area contributed by atoms with Crippen LogP contribution in [0.1, 0.15) is 113 Å². The summed E-state index contributed by atoms with van der Waals surface area (Å²) in [5.74, 6) is -0.0729. The molecule has 3 aliphatic heterocycles. The molecule has 5 aliphatic carbocycles. The monoisotopic (exact) mass is 913 g/mol. The van der Waals surface area contributed by atoms with Gasteiger partial charge in [0.25, 0.3) is 0 Å². The number of hydrogen-bond donors (Lipinski definition) is 10. The van der Waals surface area contributed by atoms with Crippen molar-refractivity contribution < 1.29 is 84.3 Å². The SMILES string of the molecule is CC1(C)CCC2(C(=O)O[C@@H]3O[C@H](CO[C@@H]4O[C@H](CO)[C@@H](O)[C@H](O)[C@H]4O)[C@@H](O)[C@H](O)[C@H]3O)CCC3(C)C(=CCC4C5(C)CCC(O[C@@H]6OC[C@@H](O)[C@H](O)[C@H]6O)C(C)(C)C5CCC43C)C2C1. The average molecular weight is 913 g/mol. The van der Waals surface area contributed by atoms with Gasteiger partial charge in [-0.1, -0.05) is 60.1 Å². The minimum Gasteiger partial charge on any atom is -0.432 e. The number of esters is 1. The number of carbonyl (C=O) groups excluding carboxylic acids is 1. The lowest BCUT2D eigenvalue weighted by molar-refractivity contribution is -0.328. The van der Waals surface area contributed by atoms with Gasteiger partial charge in [0.15, 0.2) is 12.6 Å². The predicted octanol–water partition coefficient (Wildman–Crippen LogP) is 0.780. The van der Waals surface area contributed by atoms with Crippen molar-refractivity contribution >= 4 is 5.97 Å². The Bertz CT molecular complexity index is 1740. The van der Waals surface area contributed by atoms with Crippen LogP contribution in [-0.4, -0.2) is 169 Å². The van der Waals surface area contributed by atoms with Crippen molar-refractivity contribution in [2.24, 2.45) is 50.2 Å². The molecule has 0 aromatic rings. The first-order chi connectivity index (χ1) is 29.9. The van der Waals surface area contributed by atoms with Crippen LogP contribution in [0, 0.1) is 50.2 Å². The lowest BCUT2D eigenvalue weighted by atomic mass is 9.33. The van der Waals surface area contributed by atoms with E-state index in [2.05, 4.69) is 54.5 Å². The summed E-state index contributed by atoms with van der Waals surface area (Å²) in [4.78, 5) is 14.9. The molecule has 17 heteroatoms. The third-order valence-corrected chi connectivity index (χ3v) is 18.9. The maximum absolute atomic E-state index is 14.9. The van der Waals surface area contributed by atoms with Gasteiger partial charge in [-0.25, -0.2) is 0 Å². The second-order valence-electron chi connectivity index (χ2n) is 23.1. The van der Waals surface area contributed by atoms with Crippen molar-refractivity contribution in [3.63, 3.8) is 0 Å². The third kappa shape index (κ3) is 7.67. The highest BCUT2D eigenvalue weighted by Gasteiger charge is 2.70. The fraction of sp³-hybridized carbons (Fsp3) is 0.936. The molecule has 10 N–H and O–H groups in total. The molecule has 3 heterocycles. The number of rotatable bonds is 8. The molecule has 8 rings (SSSR count). The summed E-state index contributed by atoms with van der Waals surface area (Å²) in [6.45, 7) is 15.0. The maximum Gasteiger partial charge on any atom is 0.315 e. The van der Waals surface area contributed by atoms with E-state index in [-0.39, 0.29) is 45.7 Å². The minimum absolute atomic E-state index is 0.0502. The van der Waals surface area contributed by atoms with Crippen molar-refractivity contribution in [3.8, 4) is 0 Å². The molecule has 4 saturated carbocycles. The number of ether oxygens (including phenoxy) is 6. The van der Waals surface area contributed by atoms with Crippen molar-refractivity contribution in [1.29, 1.82) is 0 Å². The predicted molar refractivity (Wildman–Crippen MR) is 224 cm³/mol. The van der Waals surface area contributed by atoms with Crippen LogP contribution < -0.4 is 0 Å². The Hall–Kier alpha value is -1.39. The molecule has 22 atom stereocenters. The van der Waals surface area contributed by atoms with E-state index in [0.29, 0.717) is 24.7 Å². The Kier molecular flexibility index (Phi) is 13.2. The second kappa shape index (κ2) is 17.2. The minimum atomic E-state index is -1.79. The Balaban J connectivity index is 1.01. The number of allylic oxidation sites excluding steroid dienone is 2. The van der Waals surface area contributed by atoms with Crippen molar-refractivity contribution in [2.75, 3.05) is 19.8 Å². The number of fused-ring (bicyclic) bond motifs is 7. The summed E-state index contributed by atoms with van der Waals surface area (Å²) >= 11 is 0. The van der Waals surface area contributed by atoms with Gasteiger partial charge in [0.2, 0.25) is 6.29 Å². The van der Waals surface area contributed by atoms with Crippen molar-refractivity contribution in [3.05, 3.63) is 11.6 Å². The van der Waals surface area contributed by atoms with Gasteiger partial charge in [-0.2, -0.15) is 0 Å². The largest absolute Gasteiger partial charge is 0.432 e. The zero-order valence-electron chi connectivity index (χ0n) is 38.5. The summed E-state index contributed by atoms with van der Waals surface area (Å²) in [5, 5.41) is 105. The van der Waals surface area contributed by atoms with E-state index in [0.717, 1.165) is 51.4 Å². The van der Waals surface area contributed by atoms with Gasteiger partial charge >= 0.3 is 5.97 Å². The Morgan fingerprint density at radius 1 is 0.688 bits per heavy atom. The molecule has 0 bridgehead atoms. The molecule has 3 saturated heterocycles. The molecule has 0 spiro atoms. The lowest BCUT2D eigenvalue weighted by Gasteiger charge is -2.71. The van der Waals surface area contributed by atoms with Gasteiger partial charge in [0, 0.05) is 0 Å². The Morgan fingerprint density at radius 2 is 1.31 bits per heavy atom. The van der Waals surface area contributed by atoms with E-state index >= 15 is 0 Å². The van der Waals surface area contributed by atoms with Crippen LogP contribution in [0.2, 0.25) is 0 Å². The van der Waals surface area contributed by atoms with E-state index in [1.807, 2.05) is 0 Å². The van der Waals surface area contributed by atoms with Crippen molar-refractivity contribution in [2.45, 2.75) is 205 Å². The van der Waals surface area contributed by atoms with Crippen LogP contribution in [-0.2, 0) is 33.2 Å². The number of aliphatic hydroxyl groups is 10. The first-order valence-corrected chi connectivity index (χ1v) is 23.7. The molecular formula is C47H76O17. The molecular weight excluding hydrogens is 836 g/mol. The molecule has 7 fully saturated rings. The molecule has 0 amide bonds. The number of carbonyl (C=O) groups is 1. The number of aliphatic hydroxyl groups excluding tert-OH is 10. The van der Waals surface area contributed by atoms with Crippen LogP contribution in [0.25, 0.3) is 0 Å². The molecule has 8 unspecified atom stereocenters. The van der Waals surface area contributed by atoms with E-state index in [1.165, 1.54) is 5.57 Å². The Morgan fingerprint density at radius 3 is 2.00 bits per heavy atom. The summed E-state index contributed by atoms with van der Waals surface area (Å²) in [7, 11) is 0. The van der Waals surface area contributed by atoms with Crippen LogP contribution in [0.5, 0.6) is 0 Å². The van der Waals surface area contributed by atoms with Gasteiger partial charge in [-0.3, -0.25) is 4.79 Å². The standard InChI is InChI=1S/C47H76O17/c1-42(2)14-16-47(41(58)64-40-37(57)34(54)32(52)26(62-40)21-60-38-36(56)33(53)31(51)25(19-48)61-38)17-15-45(6)22(23(47)18-42)8-9-28-44(5)12-11-29(43(3,4)27(44)10-13-46(28,45)7)63-39-35(55)30(50)24(49)20-59-39/h8,23-40,48-57H,9-21H2,1-7H3/t23?,24-,25-,26-,27?,28?,29?,30+,31-,32-,33+,34+,35-,36-,37-,38-,39+,40+,44?,45?,46?,47?/m1/s1. The van der Waals surface area contributed by atoms with Crippen molar-refractivity contribution in [1.82, 2.24) is 0 Å². The van der Waals surface area contributed by atoms with Crippen LogP contribution >= 0.6 is 0 Å². The summed E-state index contributed by atoms with van der Waals surface area (Å²) in [6, 6.07) is 0. The summed E-state index contributed by atoms with van der Waals surface area (Å²) < 4.78 is 35.3. The molecule has 64 heavy (non-hydrogen) atoms. The number of hydrogen-bond acceptors (Lipinski definition) is 17. The second-order valence-corrected chi connectivity index (χ2v) is 23.1. The molecule has 366 valence electrons. The van der Waals surface area contributed by atoms with E-state index in [9.17, 15) is 55.9 Å². The fourth-order valence-electron chi connectivity index (χ4n) is 14.7. The van der Waals surface area contributed by atoms with Gasteiger partial charge < -0.3 is 79.5 Å². The third-order valence-electron chi connectivity index (χ3n) is 18.9. The normalized spacial score (nSPS) is 53.4. The average Bonchev–Trinajstić information content (AvgIpc) is 3.24. The molecule has 0 aromatic carbocycles. The van der Waals surface area contributed by atoms with E-state index in [4.69, 9.17) is 28.4 Å². The first-order valence-electron chi connectivity index (χ1n) is 23.7. The maximum atomic E-state index is 14.9. The van der Waals surface area contributed by atoms with E-state index in [1.54, 1.807) is 0 Å². The topological polar surface area (TPSA) is 275 Å². The summed E-state index contributed by atoms with van der Waals surface area (Å²) in [6.07, 6.45) is -11.0. The highest BCUT2D eigenvalue weighted by molar-refractivity contribution is 5.79.